The zero-order chi connectivity index (χ0) is 15.1. The highest BCUT2D eigenvalue weighted by atomic mass is 35.5. The van der Waals surface area contributed by atoms with Crippen molar-refractivity contribution >= 4 is 17.6 Å². The molecule has 0 saturated heterocycles. The van der Waals surface area contributed by atoms with Gasteiger partial charge in [0.15, 0.2) is 5.96 Å². The molecule has 1 heterocycles. The third-order valence-electron chi connectivity index (χ3n) is 2.88. The number of halogens is 2. The zero-order valence-electron chi connectivity index (χ0n) is 11.6. The van der Waals surface area contributed by atoms with Gasteiger partial charge in [0.25, 0.3) is 0 Å². The lowest BCUT2D eigenvalue weighted by Gasteiger charge is -2.12. The number of rotatable bonds is 4. The van der Waals surface area contributed by atoms with Gasteiger partial charge < -0.3 is 10.6 Å². The minimum atomic E-state index is -0.234. The zero-order valence-corrected chi connectivity index (χ0v) is 12.4. The number of nitrogens with one attached hydrogen (secondary N) is 2. The van der Waals surface area contributed by atoms with Gasteiger partial charge in [0.05, 0.1) is 0 Å². The average Bonchev–Trinajstić information content (AvgIpc) is 2.51. The second-order valence-electron chi connectivity index (χ2n) is 4.36. The lowest BCUT2D eigenvalue weighted by molar-refractivity contribution is 0.604. The SMILES string of the molecule is CN=C(NCc1ccc(Cl)nc1)NCc1ccccc1F. The molecule has 0 saturated carbocycles. The summed E-state index contributed by atoms with van der Waals surface area (Å²) >= 11 is 5.73. The number of nitrogens with zero attached hydrogens (tertiary/aromatic N) is 2. The van der Waals surface area contributed by atoms with Crippen LogP contribution in [0.3, 0.4) is 0 Å². The molecule has 0 radical (unpaired) electrons. The molecule has 1 aromatic heterocycles. The second-order valence-corrected chi connectivity index (χ2v) is 4.75. The van der Waals surface area contributed by atoms with Crippen LogP contribution in [0.4, 0.5) is 4.39 Å². The molecule has 110 valence electrons. The third-order valence-corrected chi connectivity index (χ3v) is 3.10. The van der Waals surface area contributed by atoms with Crippen LogP contribution in [-0.2, 0) is 13.1 Å². The molecule has 2 aromatic rings. The summed E-state index contributed by atoms with van der Waals surface area (Å²) < 4.78 is 13.5. The molecular formula is C15H16ClFN4. The van der Waals surface area contributed by atoms with E-state index in [1.54, 1.807) is 37.5 Å². The monoisotopic (exact) mass is 306 g/mol. The Labute approximate surface area is 128 Å². The Balaban J connectivity index is 1.86. The van der Waals surface area contributed by atoms with E-state index in [2.05, 4.69) is 20.6 Å². The average molecular weight is 307 g/mol. The molecule has 6 heteroatoms. The number of hydrogen-bond acceptors (Lipinski definition) is 2. The molecule has 0 atom stereocenters. The van der Waals surface area contributed by atoms with Gasteiger partial charge in [-0.25, -0.2) is 9.37 Å². The van der Waals surface area contributed by atoms with Crippen molar-refractivity contribution < 1.29 is 4.39 Å². The molecule has 0 aliphatic heterocycles. The number of hydrogen-bond donors (Lipinski definition) is 2. The maximum absolute atomic E-state index is 13.5. The van der Waals surface area contributed by atoms with Crippen molar-refractivity contribution in [2.75, 3.05) is 7.05 Å². The molecule has 0 bridgehead atoms. The topological polar surface area (TPSA) is 49.3 Å². The Morgan fingerprint density at radius 1 is 1.19 bits per heavy atom. The summed E-state index contributed by atoms with van der Waals surface area (Å²) in [6.07, 6.45) is 1.69. The highest BCUT2D eigenvalue weighted by Gasteiger charge is 2.03. The van der Waals surface area contributed by atoms with E-state index in [-0.39, 0.29) is 5.82 Å². The Morgan fingerprint density at radius 3 is 2.62 bits per heavy atom. The van der Waals surface area contributed by atoms with Crippen molar-refractivity contribution in [3.63, 3.8) is 0 Å². The van der Waals surface area contributed by atoms with Crippen molar-refractivity contribution in [2.24, 2.45) is 4.99 Å². The van der Waals surface area contributed by atoms with Crippen LogP contribution in [0.5, 0.6) is 0 Å². The second kappa shape index (κ2) is 7.59. The predicted octanol–water partition coefficient (Wildman–Crippen LogP) is 2.74. The van der Waals surface area contributed by atoms with Gasteiger partial charge >= 0.3 is 0 Å². The van der Waals surface area contributed by atoms with Crippen molar-refractivity contribution in [1.82, 2.24) is 15.6 Å². The van der Waals surface area contributed by atoms with Crippen LogP contribution in [0.15, 0.2) is 47.6 Å². The van der Waals surface area contributed by atoms with E-state index in [0.29, 0.717) is 29.8 Å². The summed E-state index contributed by atoms with van der Waals surface area (Å²) in [5.74, 6) is 0.357. The molecule has 4 nitrogen and oxygen atoms in total. The van der Waals surface area contributed by atoms with Crippen LogP contribution < -0.4 is 10.6 Å². The van der Waals surface area contributed by atoms with Crippen LogP contribution in [0.25, 0.3) is 0 Å². The molecule has 0 amide bonds. The summed E-state index contributed by atoms with van der Waals surface area (Å²) in [7, 11) is 1.66. The third kappa shape index (κ3) is 4.72. The quantitative estimate of drug-likeness (QED) is 0.519. The van der Waals surface area contributed by atoms with Crippen LogP contribution in [0.1, 0.15) is 11.1 Å². The lowest BCUT2D eigenvalue weighted by atomic mass is 10.2. The van der Waals surface area contributed by atoms with Crippen LogP contribution in [0, 0.1) is 5.82 Å². The molecule has 2 rings (SSSR count). The van der Waals surface area contributed by atoms with Gasteiger partial charge in [0, 0.05) is 31.9 Å². The number of aliphatic imine (C=N–C) groups is 1. The minimum Gasteiger partial charge on any atom is -0.352 e. The van der Waals surface area contributed by atoms with Gasteiger partial charge in [-0.1, -0.05) is 35.9 Å². The molecule has 0 unspecified atom stereocenters. The highest BCUT2D eigenvalue weighted by Crippen LogP contribution is 2.06. The van der Waals surface area contributed by atoms with Gasteiger partial charge in [0.2, 0.25) is 0 Å². The summed E-state index contributed by atoms with van der Waals surface area (Å²) in [6, 6.07) is 10.3. The van der Waals surface area contributed by atoms with Crippen LogP contribution in [-0.4, -0.2) is 18.0 Å². The molecule has 0 aliphatic carbocycles. The van der Waals surface area contributed by atoms with Crippen molar-refractivity contribution in [1.29, 1.82) is 0 Å². The minimum absolute atomic E-state index is 0.234. The molecule has 0 fully saturated rings. The van der Waals surface area contributed by atoms with Crippen LogP contribution >= 0.6 is 11.6 Å². The summed E-state index contributed by atoms with van der Waals surface area (Å²) in [5, 5.41) is 6.65. The van der Waals surface area contributed by atoms with Crippen LogP contribution in [0.2, 0.25) is 5.15 Å². The predicted molar refractivity (Wildman–Crippen MR) is 82.7 cm³/mol. The molecule has 21 heavy (non-hydrogen) atoms. The van der Waals surface area contributed by atoms with Gasteiger partial charge in [-0.15, -0.1) is 0 Å². The van der Waals surface area contributed by atoms with E-state index in [1.165, 1.54) is 6.07 Å². The summed E-state index contributed by atoms with van der Waals surface area (Å²) in [5.41, 5.74) is 1.57. The van der Waals surface area contributed by atoms with Gasteiger partial charge in [-0.05, 0) is 17.7 Å². The molecular weight excluding hydrogens is 291 g/mol. The van der Waals surface area contributed by atoms with E-state index < -0.39 is 0 Å². The number of guanidine groups is 1. The van der Waals surface area contributed by atoms with Crippen molar-refractivity contribution in [2.45, 2.75) is 13.1 Å². The smallest absolute Gasteiger partial charge is 0.191 e. The Bertz CT molecular complexity index is 613. The summed E-state index contributed by atoms with van der Waals surface area (Å²) in [4.78, 5) is 8.09. The fraction of sp³-hybridized carbons (Fsp3) is 0.200. The fourth-order valence-electron chi connectivity index (χ4n) is 1.74. The van der Waals surface area contributed by atoms with Crippen molar-refractivity contribution in [3.8, 4) is 0 Å². The molecule has 2 N–H and O–H groups in total. The Morgan fingerprint density at radius 2 is 1.95 bits per heavy atom. The number of benzene rings is 1. The number of pyridine rings is 1. The lowest BCUT2D eigenvalue weighted by Crippen LogP contribution is -2.36. The molecule has 1 aromatic carbocycles. The van der Waals surface area contributed by atoms with Gasteiger partial charge in [-0.2, -0.15) is 0 Å². The highest BCUT2D eigenvalue weighted by molar-refractivity contribution is 6.29. The normalized spacial score (nSPS) is 11.3. The van der Waals surface area contributed by atoms with Gasteiger partial charge in [0.1, 0.15) is 11.0 Å². The standard InChI is InChI=1S/C15H16ClFN4/c1-18-15(20-9-11-6-7-14(16)19-8-11)21-10-12-4-2-3-5-13(12)17/h2-8H,9-10H2,1H3,(H2,18,20,21). The van der Waals surface area contributed by atoms with Crippen molar-refractivity contribution in [3.05, 3.63) is 64.7 Å². The molecule has 0 spiro atoms. The first kappa shape index (κ1) is 15.3. The Kier molecular flexibility index (Phi) is 5.51. The van der Waals surface area contributed by atoms with E-state index in [0.717, 1.165) is 5.56 Å². The first-order valence-corrected chi connectivity index (χ1v) is 6.85. The first-order chi connectivity index (χ1) is 10.2. The van der Waals surface area contributed by atoms with Gasteiger partial charge in [-0.3, -0.25) is 4.99 Å². The van der Waals surface area contributed by atoms with E-state index in [4.69, 9.17) is 11.6 Å². The first-order valence-electron chi connectivity index (χ1n) is 6.47. The fourth-order valence-corrected chi connectivity index (χ4v) is 1.85. The van der Waals surface area contributed by atoms with E-state index in [1.807, 2.05) is 6.07 Å². The molecule has 0 aliphatic rings. The summed E-state index contributed by atoms with van der Waals surface area (Å²) in [6.45, 7) is 0.923. The number of aromatic nitrogens is 1. The largest absolute Gasteiger partial charge is 0.352 e. The van der Waals surface area contributed by atoms with E-state index >= 15 is 0 Å². The van der Waals surface area contributed by atoms with E-state index in [9.17, 15) is 4.39 Å². The maximum atomic E-state index is 13.5. The maximum Gasteiger partial charge on any atom is 0.191 e. The Hall–Kier alpha value is -2.14.